The zero-order valence-electron chi connectivity index (χ0n) is 12.6. The highest BCUT2D eigenvalue weighted by Gasteiger charge is 2.33. The Bertz CT molecular complexity index is 682. The van der Waals surface area contributed by atoms with Gasteiger partial charge in [0.2, 0.25) is 10.0 Å². The van der Waals surface area contributed by atoms with Crippen LogP contribution in [-0.2, 0) is 16.2 Å². The highest BCUT2D eigenvalue weighted by Crippen LogP contribution is 2.34. The van der Waals surface area contributed by atoms with Crippen molar-refractivity contribution >= 4 is 31.8 Å². The molecule has 1 aliphatic heterocycles. The lowest BCUT2D eigenvalue weighted by Crippen LogP contribution is -2.48. The van der Waals surface area contributed by atoms with Gasteiger partial charge in [0.1, 0.15) is 5.82 Å². The largest absolute Gasteiger partial charge is 0.417 e. The normalized spacial score (nSPS) is 20.1. The Hall–Kier alpha value is -0.870. The van der Waals surface area contributed by atoms with E-state index < -0.39 is 21.8 Å². The first-order chi connectivity index (χ1) is 10.5. The number of hydrogen-bond acceptors (Lipinski definition) is 4. The van der Waals surface area contributed by atoms with Crippen molar-refractivity contribution in [1.29, 1.82) is 0 Å². The molecule has 2 rings (SSSR count). The maximum atomic E-state index is 12.7. The van der Waals surface area contributed by atoms with Gasteiger partial charge in [-0.2, -0.15) is 13.2 Å². The molecular formula is C13H17BrF3N3O2S. The highest BCUT2D eigenvalue weighted by atomic mass is 79.9. The van der Waals surface area contributed by atoms with E-state index in [0.717, 1.165) is 24.9 Å². The summed E-state index contributed by atoms with van der Waals surface area (Å²) < 4.78 is 62.9. The molecule has 1 aliphatic rings. The second-order valence-corrected chi connectivity index (χ2v) is 8.44. The van der Waals surface area contributed by atoms with Gasteiger partial charge in [-0.3, -0.25) is 0 Å². The summed E-state index contributed by atoms with van der Waals surface area (Å²) in [5, 5.41) is 0. The second-order valence-electron chi connectivity index (χ2n) is 5.55. The molecule has 1 aromatic rings. The topological polar surface area (TPSA) is 53.5 Å². The number of halogens is 4. The van der Waals surface area contributed by atoms with Gasteiger partial charge in [0.15, 0.2) is 0 Å². The lowest BCUT2D eigenvalue weighted by molar-refractivity contribution is -0.137. The third-order valence-electron chi connectivity index (χ3n) is 3.88. The van der Waals surface area contributed by atoms with Crippen LogP contribution in [0.5, 0.6) is 0 Å². The first-order valence-corrected chi connectivity index (χ1v) is 9.55. The smallest absolute Gasteiger partial charge is 0.354 e. The van der Waals surface area contributed by atoms with Gasteiger partial charge in [0.25, 0.3) is 0 Å². The molecule has 0 bridgehead atoms. The van der Waals surface area contributed by atoms with Crippen LogP contribution in [0, 0.1) is 0 Å². The lowest BCUT2D eigenvalue weighted by Gasteiger charge is -2.37. The molecule has 0 saturated carbocycles. The number of aromatic nitrogens is 1. The molecule has 0 N–H and O–H groups in total. The summed E-state index contributed by atoms with van der Waals surface area (Å²) in [6.45, 7) is 1.01. The van der Waals surface area contributed by atoms with Crippen LogP contribution >= 0.6 is 15.9 Å². The average Bonchev–Trinajstić information content (AvgIpc) is 2.44. The lowest BCUT2D eigenvalue weighted by atomic mass is 10.1. The summed E-state index contributed by atoms with van der Waals surface area (Å²) in [6, 6.07) is 0.765. The Balaban J connectivity index is 2.22. The van der Waals surface area contributed by atoms with Crippen LogP contribution in [-0.4, -0.2) is 50.1 Å². The van der Waals surface area contributed by atoms with Crippen molar-refractivity contribution in [3.05, 3.63) is 22.3 Å². The van der Waals surface area contributed by atoms with Gasteiger partial charge >= 0.3 is 6.18 Å². The number of piperidine rings is 1. The molecule has 0 aliphatic carbocycles. The maximum absolute atomic E-state index is 12.7. The van der Waals surface area contributed by atoms with E-state index in [4.69, 9.17) is 0 Å². The first kappa shape index (κ1) is 18.5. The molecule has 23 heavy (non-hydrogen) atoms. The van der Waals surface area contributed by atoms with Crippen molar-refractivity contribution in [2.24, 2.45) is 0 Å². The minimum Gasteiger partial charge on any atom is -0.354 e. The molecule has 1 saturated heterocycles. The van der Waals surface area contributed by atoms with E-state index in [1.165, 1.54) is 11.4 Å². The summed E-state index contributed by atoms with van der Waals surface area (Å²) in [4.78, 5) is 5.72. The number of rotatable bonds is 3. The predicted octanol–water partition coefficient (Wildman–Crippen LogP) is 2.72. The first-order valence-electron chi connectivity index (χ1n) is 6.91. The fourth-order valence-electron chi connectivity index (χ4n) is 2.53. The van der Waals surface area contributed by atoms with E-state index >= 15 is 0 Å². The van der Waals surface area contributed by atoms with Gasteiger partial charge in [-0.15, -0.1) is 0 Å². The highest BCUT2D eigenvalue weighted by molar-refractivity contribution is 9.10. The third-order valence-corrected chi connectivity index (χ3v) is 5.81. The fraction of sp³-hybridized carbons (Fsp3) is 0.615. The van der Waals surface area contributed by atoms with E-state index in [0.29, 0.717) is 25.3 Å². The van der Waals surface area contributed by atoms with Gasteiger partial charge in [0, 0.05) is 32.4 Å². The molecule has 130 valence electrons. The van der Waals surface area contributed by atoms with Crippen molar-refractivity contribution in [2.45, 2.75) is 25.1 Å². The van der Waals surface area contributed by atoms with Gasteiger partial charge in [-0.25, -0.2) is 17.7 Å². The zero-order valence-corrected chi connectivity index (χ0v) is 15.0. The van der Waals surface area contributed by atoms with E-state index in [9.17, 15) is 21.6 Å². The molecule has 0 spiro atoms. The fourth-order valence-corrected chi connectivity index (χ4v) is 3.85. The monoisotopic (exact) mass is 415 g/mol. The molecule has 10 heteroatoms. The van der Waals surface area contributed by atoms with Gasteiger partial charge in [-0.05, 0) is 34.8 Å². The molecule has 0 aromatic carbocycles. The van der Waals surface area contributed by atoms with Crippen LogP contribution < -0.4 is 4.90 Å². The van der Waals surface area contributed by atoms with Crippen molar-refractivity contribution in [3.8, 4) is 0 Å². The molecule has 1 fully saturated rings. The minimum atomic E-state index is -4.45. The Morgan fingerprint density at radius 1 is 1.43 bits per heavy atom. The van der Waals surface area contributed by atoms with Gasteiger partial charge in [-0.1, -0.05) is 0 Å². The Labute approximate surface area is 141 Å². The van der Waals surface area contributed by atoms with Crippen LogP contribution in [0.3, 0.4) is 0 Å². The average molecular weight is 416 g/mol. The molecule has 5 nitrogen and oxygen atoms in total. The van der Waals surface area contributed by atoms with E-state index in [1.54, 1.807) is 4.90 Å². The van der Waals surface area contributed by atoms with Crippen molar-refractivity contribution in [2.75, 3.05) is 31.3 Å². The van der Waals surface area contributed by atoms with E-state index in [-0.39, 0.29) is 10.5 Å². The Kier molecular flexibility index (Phi) is 5.27. The molecule has 1 unspecified atom stereocenters. The zero-order chi connectivity index (χ0) is 17.4. The third kappa shape index (κ3) is 4.36. The summed E-state index contributed by atoms with van der Waals surface area (Å²) in [6.07, 6.45) is -1.07. The van der Waals surface area contributed by atoms with E-state index in [2.05, 4.69) is 20.9 Å². The van der Waals surface area contributed by atoms with Crippen molar-refractivity contribution in [1.82, 2.24) is 9.29 Å². The van der Waals surface area contributed by atoms with E-state index in [1.807, 2.05) is 0 Å². The van der Waals surface area contributed by atoms with Crippen LogP contribution in [0.1, 0.15) is 18.4 Å². The molecular weight excluding hydrogens is 399 g/mol. The standard InChI is InChI=1S/C13H17BrF3N3O2S/c1-19(23(2,21)22)10-4-3-5-20(8-10)12-11(14)6-9(7-18-12)13(15,16)17/h6-7,10H,3-5,8H2,1-2H3. The summed E-state index contributed by atoms with van der Waals surface area (Å²) >= 11 is 3.14. The Morgan fingerprint density at radius 2 is 2.09 bits per heavy atom. The van der Waals surface area contributed by atoms with Crippen molar-refractivity contribution in [3.63, 3.8) is 0 Å². The number of sulfonamides is 1. The molecule has 1 aromatic heterocycles. The SMILES string of the molecule is CN(C1CCCN(c2ncc(C(F)(F)F)cc2Br)C1)S(C)(=O)=O. The number of nitrogens with zero attached hydrogens (tertiary/aromatic N) is 3. The summed E-state index contributed by atoms with van der Waals surface area (Å²) in [7, 11) is -1.81. The van der Waals surface area contributed by atoms with Crippen LogP contribution in [0.4, 0.5) is 19.0 Å². The van der Waals surface area contributed by atoms with Crippen LogP contribution in [0.15, 0.2) is 16.7 Å². The number of pyridine rings is 1. The quantitative estimate of drug-likeness (QED) is 0.761. The Morgan fingerprint density at radius 3 is 2.61 bits per heavy atom. The molecule has 1 atom stereocenters. The van der Waals surface area contributed by atoms with Crippen molar-refractivity contribution < 1.29 is 21.6 Å². The maximum Gasteiger partial charge on any atom is 0.417 e. The number of alkyl halides is 3. The van der Waals surface area contributed by atoms with Gasteiger partial charge in [0.05, 0.1) is 16.3 Å². The summed E-state index contributed by atoms with van der Waals surface area (Å²) in [5.41, 5.74) is -0.824. The van der Waals surface area contributed by atoms with Crippen LogP contribution in [0.2, 0.25) is 0 Å². The van der Waals surface area contributed by atoms with Crippen LogP contribution in [0.25, 0.3) is 0 Å². The molecule has 2 heterocycles. The number of likely N-dealkylation sites (N-methyl/N-ethyl adjacent to an activating group) is 1. The number of hydrogen-bond donors (Lipinski definition) is 0. The molecule has 0 amide bonds. The summed E-state index contributed by atoms with van der Waals surface area (Å²) in [5.74, 6) is 0.393. The second kappa shape index (κ2) is 6.56. The predicted molar refractivity (Wildman–Crippen MR) is 84.8 cm³/mol. The van der Waals surface area contributed by atoms with Gasteiger partial charge < -0.3 is 4.90 Å². The molecule has 0 radical (unpaired) electrons. The number of anilines is 1. The minimum absolute atomic E-state index is 0.227.